The van der Waals surface area contributed by atoms with Crippen molar-refractivity contribution in [2.24, 2.45) is 0 Å². The zero-order valence-electron chi connectivity index (χ0n) is 57.0. The number of aliphatic hydroxyl groups excluding tert-OH is 11. The summed E-state index contributed by atoms with van der Waals surface area (Å²) in [6, 6.07) is -1.01. The Labute approximate surface area is 559 Å². The van der Waals surface area contributed by atoms with Crippen molar-refractivity contribution in [3.8, 4) is 0 Å². The van der Waals surface area contributed by atoms with E-state index in [2.05, 4.69) is 92.1 Å². The molecule has 3 aliphatic heterocycles. The second-order valence-electron chi connectivity index (χ2n) is 25.7. The molecule has 0 aromatic rings. The minimum absolute atomic E-state index is 0.209. The van der Waals surface area contributed by atoms with Gasteiger partial charge in [-0.05, 0) is 77.0 Å². The summed E-state index contributed by atoms with van der Waals surface area (Å²) < 4.78 is 34.3. The largest absolute Gasteiger partial charge is 0.394 e. The first-order valence-electron chi connectivity index (χ1n) is 36.3. The SMILES string of the molecule is CC/C=C\C/C=C\C/C=C\C/C=C\C/C=C\CCCCCCCC(=O)NC(COC1OC(CO)C(OC2OC(CO)C(OC3OC(CO)C(O)C(O)C3O)C(O)C2O)C(O)C1O)C(O)/C=C/CC/C=C/CCCCCCCCCCCCCCCCCCCCCCC. The molecule has 19 nitrogen and oxygen atoms in total. The molecule has 3 aliphatic rings. The van der Waals surface area contributed by atoms with Gasteiger partial charge in [-0.1, -0.05) is 247 Å². The molecule has 3 fully saturated rings. The number of aliphatic hydroxyl groups is 11. The molecule has 0 saturated carbocycles. The van der Waals surface area contributed by atoms with Crippen molar-refractivity contribution in [1.29, 1.82) is 0 Å². The summed E-state index contributed by atoms with van der Waals surface area (Å²) in [6.45, 7) is 1.59. The van der Waals surface area contributed by atoms with Gasteiger partial charge in [0.25, 0.3) is 0 Å². The summed E-state index contributed by atoms with van der Waals surface area (Å²) in [5.74, 6) is -0.305. The molecule has 93 heavy (non-hydrogen) atoms. The van der Waals surface area contributed by atoms with Crippen molar-refractivity contribution in [2.45, 2.75) is 349 Å². The quantitative estimate of drug-likeness (QED) is 0.0199. The lowest BCUT2D eigenvalue weighted by atomic mass is 9.96. The summed E-state index contributed by atoms with van der Waals surface area (Å²) >= 11 is 0. The van der Waals surface area contributed by atoms with Gasteiger partial charge in [0, 0.05) is 6.42 Å². The second kappa shape index (κ2) is 54.9. The van der Waals surface area contributed by atoms with E-state index in [1.807, 2.05) is 6.08 Å². The van der Waals surface area contributed by atoms with Gasteiger partial charge in [-0.15, -0.1) is 0 Å². The Morgan fingerprint density at radius 1 is 0.398 bits per heavy atom. The molecule has 19 heteroatoms. The Balaban J connectivity index is 1.44. The van der Waals surface area contributed by atoms with Gasteiger partial charge in [-0.25, -0.2) is 0 Å². The van der Waals surface area contributed by atoms with Gasteiger partial charge >= 0.3 is 0 Å². The van der Waals surface area contributed by atoms with Crippen LogP contribution in [0.25, 0.3) is 0 Å². The Morgan fingerprint density at radius 3 is 1.20 bits per heavy atom. The summed E-state index contributed by atoms with van der Waals surface area (Å²) in [4.78, 5) is 13.4. The minimum Gasteiger partial charge on any atom is -0.394 e. The maximum atomic E-state index is 13.4. The van der Waals surface area contributed by atoms with Gasteiger partial charge in [0.15, 0.2) is 18.9 Å². The Bertz CT molecular complexity index is 2010. The van der Waals surface area contributed by atoms with Crippen LogP contribution in [0.3, 0.4) is 0 Å². The lowest BCUT2D eigenvalue weighted by molar-refractivity contribution is -0.379. The molecule has 0 aromatic heterocycles. The maximum absolute atomic E-state index is 13.4. The number of unbranched alkanes of at least 4 members (excludes halogenated alkanes) is 27. The lowest BCUT2D eigenvalue weighted by Crippen LogP contribution is -2.66. The fourth-order valence-electron chi connectivity index (χ4n) is 11.8. The van der Waals surface area contributed by atoms with E-state index < -0.39 is 124 Å². The normalized spacial score (nSPS) is 28.0. The number of nitrogens with one attached hydrogen (secondary N) is 1. The van der Waals surface area contributed by atoms with Crippen LogP contribution in [0.15, 0.2) is 85.1 Å². The van der Waals surface area contributed by atoms with Crippen molar-refractivity contribution < 1.29 is 89.4 Å². The van der Waals surface area contributed by atoms with E-state index in [1.165, 1.54) is 128 Å². The average Bonchev–Trinajstić information content (AvgIpc) is 1.48. The molecule has 0 aliphatic carbocycles. The molecule has 17 atom stereocenters. The molecule has 0 aromatic carbocycles. The first-order valence-corrected chi connectivity index (χ1v) is 36.3. The summed E-state index contributed by atoms with van der Waals surface area (Å²) in [5.41, 5.74) is 0. The number of allylic oxidation sites excluding steroid dienone is 13. The van der Waals surface area contributed by atoms with E-state index in [-0.39, 0.29) is 18.9 Å². The monoisotopic (exact) mass is 1320 g/mol. The van der Waals surface area contributed by atoms with Crippen LogP contribution < -0.4 is 5.32 Å². The van der Waals surface area contributed by atoms with E-state index in [1.54, 1.807) is 6.08 Å². The smallest absolute Gasteiger partial charge is 0.220 e. The van der Waals surface area contributed by atoms with E-state index in [9.17, 15) is 61.0 Å². The number of amides is 1. The molecule has 17 unspecified atom stereocenters. The predicted molar refractivity (Wildman–Crippen MR) is 364 cm³/mol. The number of hydrogen-bond acceptors (Lipinski definition) is 18. The van der Waals surface area contributed by atoms with Gasteiger partial charge in [-0.3, -0.25) is 4.79 Å². The maximum Gasteiger partial charge on any atom is 0.220 e. The number of carbonyl (C=O) groups is 1. The number of ether oxygens (including phenoxy) is 6. The molecule has 538 valence electrons. The zero-order valence-corrected chi connectivity index (χ0v) is 57.0. The van der Waals surface area contributed by atoms with E-state index >= 15 is 0 Å². The summed E-state index contributed by atoms with van der Waals surface area (Å²) in [7, 11) is 0. The Kier molecular flexibility index (Phi) is 49.7. The average molecular weight is 1320 g/mol. The van der Waals surface area contributed by atoms with Crippen LogP contribution in [0.5, 0.6) is 0 Å². The van der Waals surface area contributed by atoms with Crippen molar-refractivity contribution >= 4 is 5.91 Å². The highest BCUT2D eigenvalue weighted by Gasteiger charge is 2.53. The van der Waals surface area contributed by atoms with Crippen molar-refractivity contribution in [3.05, 3.63) is 85.1 Å². The highest BCUT2D eigenvalue weighted by molar-refractivity contribution is 5.76. The number of hydrogen-bond donors (Lipinski definition) is 12. The summed E-state index contributed by atoms with van der Waals surface area (Å²) in [6.07, 6.45) is 44.2. The summed E-state index contributed by atoms with van der Waals surface area (Å²) in [5, 5.41) is 121. The topological polar surface area (TPSA) is 307 Å². The third kappa shape index (κ3) is 36.4. The van der Waals surface area contributed by atoms with Crippen molar-refractivity contribution in [1.82, 2.24) is 5.32 Å². The van der Waals surface area contributed by atoms with Gasteiger partial charge in [0.05, 0.1) is 38.6 Å². The number of carbonyl (C=O) groups excluding carboxylic acids is 1. The molecule has 0 bridgehead atoms. The third-order valence-corrected chi connectivity index (χ3v) is 17.7. The fraction of sp³-hybridized carbons (Fsp3) is 0.797. The van der Waals surface area contributed by atoms with Crippen LogP contribution in [0.4, 0.5) is 0 Å². The molecule has 0 radical (unpaired) electrons. The standard InChI is InChI=1S/C74H129NO18/c1-3-5-7-9-11-13-15-17-19-21-23-25-26-27-28-29-30-32-33-35-37-39-41-43-45-47-49-51-58(79)57(75-62(80)52-50-48-46-44-42-40-38-36-34-31-24-22-20-18-16-14-12-10-8-6-4-2)56-88-72-68(86)65(83)70(60(54-77)90-72)93-74-69(87)66(84)71(61(55-78)91-74)92-73-67(85)64(82)63(81)59(53-76)89-73/h6,8,12,14,18,20,24,31,36,38,41,43,49,51,57-61,63-74,76-79,81-87H,3-5,7,9-11,13,15-17,19,21-23,25-30,32-35,37,39-40,42,44-48,50,52-56H2,1-2H3,(H,75,80)/b8-6-,14-12-,20-18-,31-24-,38-36-,43-41+,51-49+. The van der Waals surface area contributed by atoms with Crippen molar-refractivity contribution in [2.75, 3.05) is 26.4 Å². The van der Waals surface area contributed by atoms with E-state index in [0.717, 1.165) is 83.5 Å². The van der Waals surface area contributed by atoms with E-state index in [4.69, 9.17) is 28.4 Å². The zero-order chi connectivity index (χ0) is 67.5. The minimum atomic E-state index is -1.99. The molecule has 3 rings (SSSR count). The van der Waals surface area contributed by atoms with Crippen LogP contribution in [0, 0.1) is 0 Å². The van der Waals surface area contributed by atoms with Gasteiger partial charge < -0.3 is 89.9 Å². The first-order chi connectivity index (χ1) is 45.3. The highest BCUT2D eigenvalue weighted by Crippen LogP contribution is 2.33. The van der Waals surface area contributed by atoms with Crippen LogP contribution in [-0.4, -0.2) is 193 Å². The van der Waals surface area contributed by atoms with Crippen LogP contribution in [0.2, 0.25) is 0 Å². The highest BCUT2D eigenvalue weighted by atomic mass is 16.8. The van der Waals surface area contributed by atoms with Crippen molar-refractivity contribution in [3.63, 3.8) is 0 Å². The lowest BCUT2D eigenvalue weighted by Gasteiger charge is -2.48. The molecule has 3 saturated heterocycles. The Morgan fingerprint density at radius 2 is 0.753 bits per heavy atom. The molecule has 3 heterocycles. The molecular weight excluding hydrogens is 1190 g/mol. The fourth-order valence-corrected chi connectivity index (χ4v) is 11.8. The molecular formula is C74H129NO18. The number of rotatable bonds is 55. The van der Waals surface area contributed by atoms with Gasteiger partial charge in [-0.2, -0.15) is 0 Å². The Hall–Kier alpha value is -3.03. The van der Waals surface area contributed by atoms with E-state index in [0.29, 0.717) is 12.8 Å². The predicted octanol–water partition coefficient (Wildman–Crippen LogP) is 10.3. The molecule has 1 amide bonds. The second-order valence-corrected chi connectivity index (χ2v) is 25.7. The first kappa shape index (κ1) is 84.2. The van der Waals surface area contributed by atoms with Gasteiger partial charge in [0.2, 0.25) is 5.91 Å². The van der Waals surface area contributed by atoms with Crippen LogP contribution >= 0.6 is 0 Å². The molecule has 12 N–H and O–H groups in total. The van der Waals surface area contributed by atoms with Crippen LogP contribution in [0.1, 0.15) is 245 Å². The third-order valence-electron chi connectivity index (χ3n) is 17.7. The van der Waals surface area contributed by atoms with Crippen LogP contribution in [-0.2, 0) is 33.2 Å². The van der Waals surface area contributed by atoms with Gasteiger partial charge in [0.1, 0.15) is 73.2 Å². The molecule has 0 spiro atoms.